The number of methoxy groups -OCH3 is 2. The van der Waals surface area contributed by atoms with Crippen LogP contribution in [0.1, 0.15) is 44.1 Å². The Hall–Kier alpha value is -2.61. The molecular formula is C22H26N2O6. The normalized spacial score (nSPS) is 36.5. The first-order valence-corrected chi connectivity index (χ1v) is 10.4. The number of hydrogen-bond donors (Lipinski definition) is 1. The number of aliphatic hydroxyl groups is 1. The molecule has 2 spiro atoms. The van der Waals surface area contributed by atoms with Crippen LogP contribution in [0.5, 0.6) is 0 Å². The third kappa shape index (κ3) is 2.07. The molecule has 1 aromatic carbocycles. The van der Waals surface area contributed by atoms with Crippen LogP contribution in [0.4, 0.5) is 10.5 Å². The highest BCUT2D eigenvalue weighted by molar-refractivity contribution is 5.96. The molecular weight excluding hydrogens is 388 g/mol. The molecule has 1 saturated carbocycles. The zero-order chi connectivity index (χ0) is 21.3. The first-order valence-electron chi connectivity index (χ1n) is 10.4. The van der Waals surface area contributed by atoms with Crippen LogP contribution < -0.4 is 4.90 Å². The fourth-order valence-electron chi connectivity index (χ4n) is 6.77. The Morgan fingerprint density at radius 3 is 2.60 bits per heavy atom. The van der Waals surface area contributed by atoms with Crippen molar-refractivity contribution in [3.63, 3.8) is 0 Å². The van der Waals surface area contributed by atoms with Crippen molar-refractivity contribution >= 4 is 23.7 Å². The van der Waals surface area contributed by atoms with Gasteiger partial charge in [-0.05, 0) is 31.7 Å². The van der Waals surface area contributed by atoms with Crippen LogP contribution in [0.2, 0.25) is 0 Å². The van der Waals surface area contributed by atoms with Gasteiger partial charge in [0.25, 0.3) is 0 Å². The maximum absolute atomic E-state index is 13.2. The minimum absolute atomic E-state index is 0.0627. The van der Waals surface area contributed by atoms with Crippen molar-refractivity contribution in [2.75, 3.05) is 25.7 Å². The summed E-state index contributed by atoms with van der Waals surface area (Å²) in [6.45, 7) is 0.383. The van der Waals surface area contributed by atoms with E-state index in [1.807, 2.05) is 11.0 Å². The molecule has 4 fully saturated rings. The molecule has 160 valence electrons. The van der Waals surface area contributed by atoms with Crippen molar-refractivity contribution in [3.05, 3.63) is 29.8 Å². The number of fused-ring (bicyclic) bond motifs is 4. The molecule has 1 aliphatic carbocycles. The van der Waals surface area contributed by atoms with Gasteiger partial charge in [-0.3, -0.25) is 14.5 Å². The number of para-hydroxylation sites is 1. The van der Waals surface area contributed by atoms with Gasteiger partial charge in [0.15, 0.2) is 0 Å². The molecule has 4 aliphatic heterocycles. The van der Waals surface area contributed by atoms with Crippen molar-refractivity contribution in [2.45, 2.75) is 55.2 Å². The summed E-state index contributed by atoms with van der Waals surface area (Å²) in [5.41, 5.74) is -2.03. The quantitative estimate of drug-likeness (QED) is 0.706. The molecule has 30 heavy (non-hydrogen) atoms. The highest BCUT2D eigenvalue weighted by Gasteiger charge is 2.73. The summed E-state index contributed by atoms with van der Waals surface area (Å²) in [6, 6.07) is 7.18. The van der Waals surface area contributed by atoms with E-state index in [-0.39, 0.29) is 12.3 Å². The lowest BCUT2D eigenvalue weighted by Crippen LogP contribution is -2.72. The zero-order valence-electron chi connectivity index (χ0n) is 17.2. The lowest BCUT2D eigenvalue weighted by molar-refractivity contribution is -0.173. The fraction of sp³-hybridized carbons (Fsp3) is 0.591. The largest absolute Gasteiger partial charge is 0.469 e. The number of hydrogen-bond acceptors (Lipinski definition) is 6. The monoisotopic (exact) mass is 414 g/mol. The molecule has 5 aliphatic rings. The summed E-state index contributed by atoms with van der Waals surface area (Å²) < 4.78 is 10.3. The number of rotatable bonds is 1. The van der Waals surface area contributed by atoms with E-state index in [4.69, 9.17) is 9.47 Å². The molecule has 4 atom stereocenters. The average molecular weight is 414 g/mol. The summed E-state index contributed by atoms with van der Waals surface area (Å²) in [7, 11) is 2.63. The summed E-state index contributed by atoms with van der Waals surface area (Å²) in [5.74, 6) is -1.20. The van der Waals surface area contributed by atoms with Crippen LogP contribution >= 0.6 is 0 Å². The molecule has 4 heterocycles. The Labute approximate surface area is 174 Å². The van der Waals surface area contributed by atoms with Crippen molar-refractivity contribution in [2.24, 2.45) is 5.92 Å². The maximum Gasteiger partial charge on any atom is 0.414 e. The Bertz CT molecular complexity index is 949. The molecule has 0 aromatic heterocycles. The average Bonchev–Trinajstić information content (AvgIpc) is 3.15. The number of nitrogens with zero attached hydrogens (tertiary/aromatic N) is 2. The topological polar surface area (TPSA) is 96.4 Å². The Morgan fingerprint density at radius 1 is 1.10 bits per heavy atom. The van der Waals surface area contributed by atoms with E-state index in [1.54, 1.807) is 18.2 Å². The van der Waals surface area contributed by atoms with Gasteiger partial charge in [-0.25, -0.2) is 4.79 Å². The second kappa shape index (κ2) is 6.20. The number of anilines is 1. The molecule has 6 rings (SSSR count). The lowest BCUT2D eigenvalue weighted by atomic mass is 9.56. The Balaban J connectivity index is 1.78. The second-order valence-electron chi connectivity index (χ2n) is 8.91. The van der Waals surface area contributed by atoms with E-state index in [2.05, 4.69) is 0 Å². The number of carbonyl (C=O) groups excluding carboxylic acids is 3. The third-order valence-corrected chi connectivity index (χ3v) is 8.06. The van der Waals surface area contributed by atoms with Gasteiger partial charge < -0.3 is 19.5 Å². The number of benzene rings is 1. The summed E-state index contributed by atoms with van der Waals surface area (Å²) in [4.78, 5) is 42.3. The van der Waals surface area contributed by atoms with E-state index in [0.29, 0.717) is 49.9 Å². The first-order chi connectivity index (χ1) is 14.3. The van der Waals surface area contributed by atoms with Gasteiger partial charge in [-0.1, -0.05) is 18.2 Å². The molecule has 2 bridgehead atoms. The minimum Gasteiger partial charge on any atom is -0.469 e. The third-order valence-electron chi connectivity index (χ3n) is 8.06. The van der Waals surface area contributed by atoms with Crippen LogP contribution in [0, 0.1) is 5.92 Å². The van der Waals surface area contributed by atoms with Crippen molar-refractivity contribution < 1.29 is 29.0 Å². The van der Waals surface area contributed by atoms with Gasteiger partial charge in [0.05, 0.1) is 31.4 Å². The van der Waals surface area contributed by atoms with Gasteiger partial charge >= 0.3 is 12.1 Å². The Morgan fingerprint density at radius 2 is 1.87 bits per heavy atom. The SMILES string of the molecule is COC(=O)[C@H]1C[C@@]23CCC(=O)N2CC[C@@]2(O)c4ccccc4N(C(=O)OC)[C@@]12CC3. The van der Waals surface area contributed by atoms with E-state index in [1.165, 1.54) is 19.1 Å². The van der Waals surface area contributed by atoms with Crippen LogP contribution in [-0.4, -0.2) is 59.8 Å². The number of amides is 2. The van der Waals surface area contributed by atoms with E-state index in [0.717, 1.165) is 0 Å². The first kappa shape index (κ1) is 19.4. The van der Waals surface area contributed by atoms with Crippen LogP contribution in [-0.2, 0) is 24.7 Å². The van der Waals surface area contributed by atoms with E-state index < -0.39 is 34.7 Å². The van der Waals surface area contributed by atoms with Crippen molar-refractivity contribution in [3.8, 4) is 0 Å². The van der Waals surface area contributed by atoms with Gasteiger partial charge in [0, 0.05) is 30.5 Å². The number of esters is 1. The standard InChI is InChI=1S/C22H26N2O6/c1-29-18(26)15-13-20-8-7-17(25)23(20)12-11-22(28)14-5-3-4-6-16(14)24(19(27)30-2)21(15,22)10-9-20/h3-6,15,28H,7-13H2,1-2H3/t15-,20+,21+,22-/m1/s1. The number of ether oxygens (including phenoxy) is 2. The molecule has 2 amide bonds. The molecule has 1 N–H and O–H groups in total. The molecule has 8 nitrogen and oxygen atoms in total. The highest BCUT2D eigenvalue weighted by atomic mass is 16.5. The van der Waals surface area contributed by atoms with Crippen molar-refractivity contribution in [1.29, 1.82) is 0 Å². The van der Waals surface area contributed by atoms with Crippen LogP contribution in [0.25, 0.3) is 0 Å². The summed E-state index contributed by atoms with van der Waals surface area (Å²) in [5, 5.41) is 12.3. The van der Waals surface area contributed by atoms with Gasteiger partial charge in [0.1, 0.15) is 5.60 Å². The maximum atomic E-state index is 13.2. The lowest BCUT2D eigenvalue weighted by Gasteiger charge is -2.59. The summed E-state index contributed by atoms with van der Waals surface area (Å²) >= 11 is 0. The molecule has 8 heteroatoms. The number of carbonyl (C=O) groups is 3. The molecule has 0 unspecified atom stereocenters. The zero-order valence-corrected chi connectivity index (χ0v) is 17.2. The Kier molecular flexibility index (Phi) is 4.00. The van der Waals surface area contributed by atoms with Gasteiger partial charge in [-0.2, -0.15) is 0 Å². The molecule has 3 saturated heterocycles. The highest BCUT2D eigenvalue weighted by Crippen LogP contribution is 2.64. The van der Waals surface area contributed by atoms with Crippen LogP contribution in [0.3, 0.4) is 0 Å². The van der Waals surface area contributed by atoms with Crippen molar-refractivity contribution in [1.82, 2.24) is 4.90 Å². The predicted octanol–water partition coefficient (Wildman–Crippen LogP) is 1.94. The van der Waals surface area contributed by atoms with E-state index in [9.17, 15) is 19.5 Å². The molecule has 1 aromatic rings. The second-order valence-corrected chi connectivity index (χ2v) is 8.91. The predicted molar refractivity (Wildman–Crippen MR) is 106 cm³/mol. The minimum atomic E-state index is -1.51. The van der Waals surface area contributed by atoms with E-state index >= 15 is 0 Å². The summed E-state index contributed by atoms with van der Waals surface area (Å²) in [6.07, 6.45) is 2.08. The molecule has 0 radical (unpaired) electrons. The van der Waals surface area contributed by atoms with Gasteiger partial charge in [-0.15, -0.1) is 0 Å². The smallest absolute Gasteiger partial charge is 0.414 e. The van der Waals surface area contributed by atoms with Crippen LogP contribution in [0.15, 0.2) is 24.3 Å². The fourth-order valence-corrected chi connectivity index (χ4v) is 6.77. The van der Waals surface area contributed by atoms with Gasteiger partial charge in [0.2, 0.25) is 5.91 Å².